The number of carbonyl (C=O) groups is 1. The second-order valence-electron chi connectivity index (χ2n) is 6.85. The Kier molecular flexibility index (Phi) is 5.12. The molecule has 3 aromatic rings. The Labute approximate surface area is 159 Å². The Morgan fingerprint density at radius 3 is 3.00 bits per heavy atom. The number of aromatic nitrogens is 2. The summed E-state index contributed by atoms with van der Waals surface area (Å²) in [5, 5.41) is 1.11. The van der Waals surface area contributed by atoms with E-state index in [-0.39, 0.29) is 12.5 Å². The number of benzene rings is 1. The summed E-state index contributed by atoms with van der Waals surface area (Å²) in [6.07, 6.45) is 4.64. The van der Waals surface area contributed by atoms with Gasteiger partial charge in [-0.25, -0.2) is 0 Å². The largest absolute Gasteiger partial charge is 0.372 e. The van der Waals surface area contributed by atoms with Crippen LogP contribution in [-0.2, 0) is 9.53 Å². The summed E-state index contributed by atoms with van der Waals surface area (Å²) >= 11 is 0. The predicted molar refractivity (Wildman–Crippen MR) is 105 cm³/mol. The maximum Gasteiger partial charge on any atom is 0.248 e. The summed E-state index contributed by atoms with van der Waals surface area (Å²) < 4.78 is 5.25. The zero-order valence-electron chi connectivity index (χ0n) is 15.5. The number of hydrogen-bond acceptors (Lipinski definition) is 4. The lowest BCUT2D eigenvalue weighted by atomic mass is 9.97. The summed E-state index contributed by atoms with van der Waals surface area (Å²) in [7, 11) is 0. The number of fused-ring (bicyclic) bond motifs is 1. The van der Waals surface area contributed by atoms with Crippen molar-refractivity contribution in [2.75, 3.05) is 26.3 Å². The minimum absolute atomic E-state index is 0.0793. The predicted octanol–water partition coefficient (Wildman–Crippen LogP) is 3.65. The molecule has 1 atom stereocenters. The van der Waals surface area contributed by atoms with Crippen molar-refractivity contribution in [3.63, 3.8) is 0 Å². The van der Waals surface area contributed by atoms with E-state index >= 15 is 0 Å². The zero-order chi connectivity index (χ0) is 18.6. The average molecular weight is 361 g/mol. The van der Waals surface area contributed by atoms with Crippen molar-refractivity contribution in [3.8, 4) is 11.3 Å². The Hall–Kier alpha value is -2.79. The maximum atomic E-state index is 12.2. The molecule has 1 aliphatic heterocycles. The van der Waals surface area contributed by atoms with Crippen LogP contribution in [0, 0.1) is 0 Å². The van der Waals surface area contributed by atoms with Gasteiger partial charge in [0.25, 0.3) is 0 Å². The number of likely N-dealkylation sites (tertiary alicyclic amines) is 1. The van der Waals surface area contributed by atoms with Gasteiger partial charge in [0.1, 0.15) is 6.61 Å². The van der Waals surface area contributed by atoms with Gasteiger partial charge in [0, 0.05) is 49.0 Å². The summed E-state index contributed by atoms with van der Waals surface area (Å²) in [4.78, 5) is 23.0. The van der Waals surface area contributed by atoms with Crippen molar-refractivity contribution in [1.82, 2.24) is 14.9 Å². The second kappa shape index (κ2) is 7.84. The molecule has 0 spiro atoms. The van der Waals surface area contributed by atoms with Crippen LogP contribution in [0.5, 0.6) is 0 Å². The molecule has 0 saturated carbocycles. The summed E-state index contributed by atoms with van der Waals surface area (Å²) in [5.41, 5.74) is 4.26. The highest BCUT2D eigenvalue weighted by molar-refractivity contribution is 5.83. The summed E-state index contributed by atoms with van der Waals surface area (Å²) in [6.45, 7) is 4.18. The average Bonchev–Trinajstić information content (AvgIpc) is 3.22. The van der Waals surface area contributed by atoms with Crippen molar-refractivity contribution in [3.05, 3.63) is 60.4 Å². The van der Waals surface area contributed by atoms with Crippen LogP contribution in [0.25, 0.3) is 22.2 Å². The van der Waals surface area contributed by atoms with Gasteiger partial charge in [-0.3, -0.25) is 14.8 Å². The molecule has 138 valence electrons. The lowest BCUT2D eigenvalue weighted by Gasteiger charge is -2.17. The molecule has 2 aromatic heterocycles. The smallest absolute Gasteiger partial charge is 0.248 e. The molecule has 0 unspecified atom stereocenters. The third-order valence-corrected chi connectivity index (χ3v) is 5.12. The van der Waals surface area contributed by atoms with Gasteiger partial charge in [-0.05, 0) is 49.2 Å². The van der Waals surface area contributed by atoms with E-state index in [1.54, 1.807) is 6.20 Å². The molecule has 1 amide bonds. The van der Waals surface area contributed by atoms with Crippen LogP contribution in [0.15, 0.2) is 54.9 Å². The van der Waals surface area contributed by atoms with E-state index in [2.05, 4.69) is 40.3 Å². The quantitative estimate of drug-likeness (QED) is 0.696. The van der Waals surface area contributed by atoms with E-state index in [0.29, 0.717) is 12.5 Å². The molecule has 1 aromatic carbocycles. The van der Waals surface area contributed by atoms with Crippen molar-refractivity contribution >= 4 is 16.8 Å². The van der Waals surface area contributed by atoms with Gasteiger partial charge in [-0.1, -0.05) is 12.1 Å². The molecule has 0 aliphatic carbocycles. The monoisotopic (exact) mass is 361 g/mol. The van der Waals surface area contributed by atoms with Crippen LogP contribution in [0.2, 0.25) is 0 Å². The van der Waals surface area contributed by atoms with Crippen LogP contribution in [-0.4, -0.2) is 47.1 Å². The number of hydrogen-bond donors (Lipinski definition) is 0. The van der Waals surface area contributed by atoms with Crippen LogP contribution in [0.3, 0.4) is 0 Å². The van der Waals surface area contributed by atoms with Gasteiger partial charge in [-0.2, -0.15) is 0 Å². The molecular formula is C22H23N3O2. The van der Waals surface area contributed by atoms with Crippen molar-refractivity contribution in [1.29, 1.82) is 0 Å². The Bertz CT molecular complexity index is 957. The van der Waals surface area contributed by atoms with Crippen molar-refractivity contribution in [2.45, 2.75) is 19.3 Å². The van der Waals surface area contributed by atoms with Crippen LogP contribution in [0.4, 0.5) is 0 Å². The number of nitrogens with zero attached hydrogens (tertiary/aromatic N) is 3. The van der Waals surface area contributed by atoms with Gasteiger partial charge in [0.05, 0.1) is 11.2 Å². The number of rotatable bonds is 5. The molecule has 0 N–H and O–H groups in total. The highest BCUT2D eigenvalue weighted by Gasteiger charge is 2.27. The second-order valence-corrected chi connectivity index (χ2v) is 6.85. The van der Waals surface area contributed by atoms with E-state index < -0.39 is 0 Å². The van der Waals surface area contributed by atoms with Gasteiger partial charge in [0.15, 0.2) is 0 Å². The normalized spacial score (nSPS) is 16.8. The van der Waals surface area contributed by atoms with Crippen molar-refractivity contribution in [2.24, 2.45) is 0 Å². The molecule has 0 bridgehead atoms. The number of pyridine rings is 2. The first-order chi connectivity index (χ1) is 13.2. The van der Waals surface area contributed by atoms with Gasteiger partial charge >= 0.3 is 0 Å². The van der Waals surface area contributed by atoms with Crippen LogP contribution < -0.4 is 0 Å². The molecular weight excluding hydrogens is 338 g/mol. The SMILES string of the molecule is CCOCC(=O)N1CC[C@H](c2ccnc(-c3ccc4ncccc4c3)c2)C1. The Balaban J connectivity index is 1.53. The van der Waals surface area contributed by atoms with E-state index in [1.807, 2.05) is 30.2 Å². The Morgan fingerprint density at radius 2 is 2.11 bits per heavy atom. The topological polar surface area (TPSA) is 55.3 Å². The van der Waals surface area contributed by atoms with E-state index in [1.165, 1.54) is 5.56 Å². The minimum atomic E-state index is 0.0793. The van der Waals surface area contributed by atoms with Crippen LogP contribution >= 0.6 is 0 Å². The molecule has 3 heterocycles. The van der Waals surface area contributed by atoms with Crippen molar-refractivity contribution < 1.29 is 9.53 Å². The Morgan fingerprint density at radius 1 is 1.19 bits per heavy atom. The fraction of sp³-hybridized carbons (Fsp3) is 0.318. The maximum absolute atomic E-state index is 12.2. The van der Waals surface area contributed by atoms with E-state index in [4.69, 9.17) is 4.74 Å². The molecule has 5 heteroatoms. The fourth-order valence-electron chi connectivity index (χ4n) is 3.63. The molecule has 0 radical (unpaired) electrons. The molecule has 1 fully saturated rings. The van der Waals surface area contributed by atoms with Crippen LogP contribution in [0.1, 0.15) is 24.8 Å². The molecule has 1 saturated heterocycles. The van der Waals surface area contributed by atoms with Gasteiger partial charge in [-0.15, -0.1) is 0 Å². The molecule has 4 rings (SSSR count). The zero-order valence-corrected chi connectivity index (χ0v) is 15.5. The molecule has 5 nitrogen and oxygen atoms in total. The first-order valence-corrected chi connectivity index (χ1v) is 9.41. The molecule has 27 heavy (non-hydrogen) atoms. The highest BCUT2D eigenvalue weighted by Crippen LogP contribution is 2.30. The fourth-order valence-corrected chi connectivity index (χ4v) is 3.63. The highest BCUT2D eigenvalue weighted by atomic mass is 16.5. The number of ether oxygens (including phenoxy) is 1. The van der Waals surface area contributed by atoms with Gasteiger partial charge < -0.3 is 9.64 Å². The lowest BCUT2D eigenvalue weighted by molar-refractivity contribution is -0.134. The number of carbonyl (C=O) groups excluding carboxylic acids is 1. The first kappa shape index (κ1) is 17.6. The summed E-state index contributed by atoms with van der Waals surface area (Å²) in [5.74, 6) is 0.426. The minimum Gasteiger partial charge on any atom is -0.372 e. The van der Waals surface area contributed by atoms with E-state index in [9.17, 15) is 4.79 Å². The standard InChI is InChI=1S/C22H23N3O2/c1-2-27-15-22(26)25-11-8-19(14-25)16-7-10-24-21(13-16)18-5-6-20-17(12-18)4-3-9-23-20/h3-7,9-10,12-13,19H,2,8,11,14-15H2,1H3/t19-/m0/s1. The first-order valence-electron chi connectivity index (χ1n) is 9.41. The third kappa shape index (κ3) is 3.83. The van der Waals surface area contributed by atoms with Gasteiger partial charge in [0.2, 0.25) is 5.91 Å². The van der Waals surface area contributed by atoms with E-state index in [0.717, 1.165) is 41.7 Å². The molecule has 1 aliphatic rings. The lowest BCUT2D eigenvalue weighted by Crippen LogP contribution is -2.31. The summed E-state index contributed by atoms with van der Waals surface area (Å²) in [6, 6.07) is 14.4. The number of amides is 1. The third-order valence-electron chi connectivity index (χ3n) is 5.12.